The van der Waals surface area contributed by atoms with Crippen molar-refractivity contribution < 1.29 is 9.47 Å². The minimum atomic E-state index is 0.130. The molecule has 0 heterocycles. The van der Waals surface area contributed by atoms with Crippen molar-refractivity contribution in [2.75, 3.05) is 13.7 Å². The molecule has 0 amide bonds. The molecule has 3 heteroatoms. The van der Waals surface area contributed by atoms with Gasteiger partial charge in [-0.15, -0.1) is 0 Å². The molecule has 0 saturated carbocycles. The van der Waals surface area contributed by atoms with Gasteiger partial charge in [-0.1, -0.05) is 28.1 Å². The van der Waals surface area contributed by atoms with Gasteiger partial charge in [0.05, 0.1) is 6.10 Å². The van der Waals surface area contributed by atoms with Crippen LogP contribution in [-0.4, -0.2) is 19.8 Å². The van der Waals surface area contributed by atoms with Gasteiger partial charge in [-0.2, -0.15) is 0 Å². The summed E-state index contributed by atoms with van der Waals surface area (Å²) in [5.74, 6) is 0.888. The molecule has 0 radical (unpaired) electrons. The van der Waals surface area contributed by atoms with Gasteiger partial charge >= 0.3 is 0 Å². The Bertz CT molecular complexity index is 258. The summed E-state index contributed by atoms with van der Waals surface area (Å²) in [6.07, 6.45) is 0.130. The zero-order valence-electron chi connectivity index (χ0n) is 8.50. The third-order valence-corrected chi connectivity index (χ3v) is 2.61. The highest BCUT2D eigenvalue weighted by Crippen LogP contribution is 2.14. The topological polar surface area (TPSA) is 18.5 Å². The Labute approximate surface area is 93.4 Å². The highest BCUT2D eigenvalue weighted by Gasteiger charge is 2.00. The van der Waals surface area contributed by atoms with E-state index in [0.29, 0.717) is 6.61 Å². The van der Waals surface area contributed by atoms with Gasteiger partial charge in [-0.05, 0) is 24.6 Å². The molecule has 2 nitrogen and oxygen atoms in total. The predicted octanol–water partition coefficient (Wildman–Crippen LogP) is 3.00. The molecular weight excluding hydrogens is 244 g/mol. The number of rotatable bonds is 5. The Kier molecular flexibility index (Phi) is 4.98. The SMILES string of the molecule is COC(C)COc1ccc(CBr)cc1. The monoisotopic (exact) mass is 258 g/mol. The van der Waals surface area contributed by atoms with Crippen LogP contribution in [0.15, 0.2) is 24.3 Å². The van der Waals surface area contributed by atoms with E-state index in [1.165, 1.54) is 5.56 Å². The lowest BCUT2D eigenvalue weighted by atomic mass is 10.2. The van der Waals surface area contributed by atoms with E-state index in [9.17, 15) is 0 Å². The summed E-state index contributed by atoms with van der Waals surface area (Å²) in [6.45, 7) is 2.57. The van der Waals surface area contributed by atoms with E-state index in [2.05, 4.69) is 15.9 Å². The molecule has 0 bridgehead atoms. The third kappa shape index (κ3) is 3.68. The largest absolute Gasteiger partial charge is 0.491 e. The quantitative estimate of drug-likeness (QED) is 0.757. The highest BCUT2D eigenvalue weighted by atomic mass is 79.9. The molecule has 0 N–H and O–H groups in total. The molecule has 1 unspecified atom stereocenters. The van der Waals surface area contributed by atoms with Crippen LogP contribution >= 0.6 is 15.9 Å². The maximum Gasteiger partial charge on any atom is 0.119 e. The first-order valence-electron chi connectivity index (χ1n) is 4.56. The van der Waals surface area contributed by atoms with Crippen molar-refractivity contribution in [2.24, 2.45) is 0 Å². The van der Waals surface area contributed by atoms with Crippen LogP contribution in [0, 0.1) is 0 Å². The van der Waals surface area contributed by atoms with Crippen molar-refractivity contribution in [1.29, 1.82) is 0 Å². The van der Waals surface area contributed by atoms with E-state index < -0.39 is 0 Å². The molecule has 78 valence electrons. The molecule has 1 aromatic rings. The van der Waals surface area contributed by atoms with Crippen LogP contribution in [0.5, 0.6) is 5.75 Å². The number of alkyl halides is 1. The van der Waals surface area contributed by atoms with Gasteiger partial charge in [0, 0.05) is 12.4 Å². The Balaban J connectivity index is 2.43. The zero-order chi connectivity index (χ0) is 10.4. The minimum Gasteiger partial charge on any atom is -0.491 e. The molecule has 0 aliphatic rings. The Hall–Kier alpha value is -0.540. The van der Waals surface area contributed by atoms with E-state index in [0.717, 1.165) is 11.1 Å². The molecule has 0 fully saturated rings. The maximum atomic E-state index is 5.52. The summed E-state index contributed by atoms with van der Waals surface area (Å²) in [6, 6.07) is 8.03. The first-order valence-corrected chi connectivity index (χ1v) is 5.69. The van der Waals surface area contributed by atoms with Gasteiger partial charge in [0.1, 0.15) is 12.4 Å². The molecular formula is C11H15BrO2. The lowest BCUT2D eigenvalue weighted by Crippen LogP contribution is -2.15. The standard InChI is InChI=1S/C11H15BrO2/c1-9(13-2)8-14-11-5-3-10(7-12)4-6-11/h3-6,9H,7-8H2,1-2H3. The van der Waals surface area contributed by atoms with Crippen LogP contribution < -0.4 is 4.74 Å². The summed E-state index contributed by atoms with van der Waals surface area (Å²) >= 11 is 3.39. The van der Waals surface area contributed by atoms with Gasteiger partial charge in [0.2, 0.25) is 0 Å². The second-order valence-electron chi connectivity index (χ2n) is 3.13. The first-order chi connectivity index (χ1) is 6.76. The van der Waals surface area contributed by atoms with Gasteiger partial charge in [0.15, 0.2) is 0 Å². The number of benzene rings is 1. The van der Waals surface area contributed by atoms with Crippen LogP contribution in [0.2, 0.25) is 0 Å². The van der Waals surface area contributed by atoms with Crippen molar-refractivity contribution in [3.63, 3.8) is 0 Å². The van der Waals surface area contributed by atoms with Crippen LogP contribution in [-0.2, 0) is 10.1 Å². The molecule has 0 aromatic heterocycles. The fraction of sp³-hybridized carbons (Fsp3) is 0.455. The maximum absolute atomic E-state index is 5.52. The molecule has 1 aromatic carbocycles. The molecule has 0 spiro atoms. The average molecular weight is 259 g/mol. The van der Waals surface area contributed by atoms with Gasteiger partial charge in [0.25, 0.3) is 0 Å². The first kappa shape index (κ1) is 11.5. The van der Waals surface area contributed by atoms with Crippen molar-refractivity contribution in [2.45, 2.75) is 18.4 Å². The van der Waals surface area contributed by atoms with Crippen LogP contribution in [0.3, 0.4) is 0 Å². The summed E-state index contributed by atoms with van der Waals surface area (Å²) in [4.78, 5) is 0. The molecule has 1 atom stereocenters. The zero-order valence-corrected chi connectivity index (χ0v) is 10.1. The van der Waals surface area contributed by atoms with Crippen molar-refractivity contribution in [3.05, 3.63) is 29.8 Å². The van der Waals surface area contributed by atoms with E-state index in [1.807, 2.05) is 31.2 Å². The van der Waals surface area contributed by atoms with Crippen molar-refractivity contribution in [1.82, 2.24) is 0 Å². The Morgan fingerprint density at radius 2 is 1.93 bits per heavy atom. The van der Waals surface area contributed by atoms with Gasteiger partial charge in [-0.25, -0.2) is 0 Å². The summed E-state index contributed by atoms with van der Waals surface area (Å²) in [5.41, 5.74) is 1.25. The number of hydrogen-bond donors (Lipinski definition) is 0. The predicted molar refractivity (Wildman–Crippen MR) is 61.0 cm³/mol. The number of halogens is 1. The second kappa shape index (κ2) is 6.04. The summed E-state index contributed by atoms with van der Waals surface area (Å²) < 4.78 is 10.6. The summed E-state index contributed by atoms with van der Waals surface area (Å²) in [5, 5.41) is 0.877. The van der Waals surface area contributed by atoms with Crippen molar-refractivity contribution in [3.8, 4) is 5.75 Å². The molecule has 0 saturated heterocycles. The van der Waals surface area contributed by atoms with E-state index in [-0.39, 0.29) is 6.10 Å². The van der Waals surface area contributed by atoms with E-state index in [4.69, 9.17) is 9.47 Å². The third-order valence-electron chi connectivity index (χ3n) is 1.96. The second-order valence-corrected chi connectivity index (χ2v) is 3.70. The van der Waals surface area contributed by atoms with Crippen LogP contribution in [0.4, 0.5) is 0 Å². The lowest BCUT2D eigenvalue weighted by molar-refractivity contribution is 0.0716. The van der Waals surface area contributed by atoms with Crippen LogP contribution in [0.1, 0.15) is 12.5 Å². The van der Waals surface area contributed by atoms with Crippen LogP contribution in [0.25, 0.3) is 0 Å². The van der Waals surface area contributed by atoms with E-state index in [1.54, 1.807) is 7.11 Å². The number of hydrogen-bond acceptors (Lipinski definition) is 2. The summed E-state index contributed by atoms with van der Waals surface area (Å²) in [7, 11) is 1.68. The Morgan fingerprint density at radius 1 is 1.29 bits per heavy atom. The lowest BCUT2D eigenvalue weighted by Gasteiger charge is -2.11. The molecule has 14 heavy (non-hydrogen) atoms. The average Bonchev–Trinajstić information content (AvgIpc) is 2.26. The normalized spacial score (nSPS) is 12.5. The molecule has 0 aliphatic carbocycles. The fourth-order valence-corrected chi connectivity index (χ4v) is 1.33. The number of ether oxygens (including phenoxy) is 2. The minimum absolute atomic E-state index is 0.130. The molecule has 1 rings (SSSR count). The Morgan fingerprint density at radius 3 is 2.43 bits per heavy atom. The van der Waals surface area contributed by atoms with Gasteiger partial charge < -0.3 is 9.47 Å². The van der Waals surface area contributed by atoms with Crippen molar-refractivity contribution >= 4 is 15.9 Å². The smallest absolute Gasteiger partial charge is 0.119 e. The number of methoxy groups -OCH3 is 1. The van der Waals surface area contributed by atoms with E-state index >= 15 is 0 Å². The molecule has 0 aliphatic heterocycles. The fourth-order valence-electron chi connectivity index (χ4n) is 0.956. The van der Waals surface area contributed by atoms with Gasteiger partial charge in [-0.3, -0.25) is 0 Å². The highest BCUT2D eigenvalue weighted by molar-refractivity contribution is 9.08.